The van der Waals surface area contributed by atoms with Crippen molar-refractivity contribution in [2.45, 2.75) is 45.1 Å². The molecule has 144 valence electrons. The molecule has 0 aromatic heterocycles. The highest BCUT2D eigenvalue weighted by Gasteiger charge is 2.08. The Morgan fingerprint density at radius 2 is 1.81 bits per heavy atom. The average Bonchev–Trinajstić information content (AvgIpc) is 2.59. The van der Waals surface area contributed by atoms with Gasteiger partial charge in [0.25, 0.3) is 5.91 Å². The molecule has 0 aliphatic carbocycles. The summed E-state index contributed by atoms with van der Waals surface area (Å²) in [4.78, 5) is 34.1. The number of rotatable bonds is 11. The fraction of sp³-hybridized carbons (Fsp3) is 0.500. The maximum absolute atomic E-state index is 12.0. The Labute approximate surface area is 167 Å². The topological polar surface area (TPSA) is 108 Å². The molecule has 0 aliphatic rings. The smallest absolute Gasteiger partial charge is 0.314 e. The highest BCUT2D eigenvalue weighted by Crippen LogP contribution is 2.07. The fourth-order valence-electron chi connectivity index (χ4n) is 2.25. The van der Waals surface area contributed by atoms with Gasteiger partial charge in [-0.2, -0.15) is 0 Å². The number of unbranched alkanes of at least 4 members (excludes halogenated alkanes) is 2. The largest absolute Gasteiger partial charge is 0.481 e. The molecule has 1 aromatic rings. The molecule has 1 atom stereocenters. The first-order chi connectivity index (χ1) is 12.4. The summed E-state index contributed by atoms with van der Waals surface area (Å²) in [6.45, 7) is 2.92. The number of hydrogen-bond acceptors (Lipinski definition) is 3. The van der Waals surface area contributed by atoms with Crippen molar-refractivity contribution >= 4 is 40.5 Å². The van der Waals surface area contributed by atoms with E-state index in [9.17, 15) is 14.4 Å². The Balaban J connectivity index is 2.04. The number of carboxylic acids is 1. The Morgan fingerprint density at radius 1 is 1.12 bits per heavy atom. The van der Waals surface area contributed by atoms with E-state index < -0.39 is 5.97 Å². The molecule has 0 spiro atoms. The van der Waals surface area contributed by atoms with Crippen LogP contribution in [0.2, 0.25) is 0 Å². The third kappa shape index (κ3) is 10.2. The normalized spacial score (nSPS) is 11.5. The lowest BCUT2D eigenvalue weighted by atomic mass is 10.2. The van der Waals surface area contributed by atoms with Crippen LogP contribution in [0.1, 0.15) is 49.4 Å². The Bertz CT molecular complexity index is 610. The van der Waals surface area contributed by atoms with Gasteiger partial charge in [0.1, 0.15) is 0 Å². The second-order valence-corrected chi connectivity index (χ2v) is 7.31. The van der Waals surface area contributed by atoms with Crippen LogP contribution in [0.3, 0.4) is 0 Å². The van der Waals surface area contributed by atoms with E-state index in [1.54, 1.807) is 13.0 Å². The van der Waals surface area contributed by atoms with E-state index in [0.29, 0.717) is 25.1 Å². The predicted octanol–water partition coefficient (Wildman–Crippen LogP) is 2.74. The lowest BCUT2D eigenvalue weighted by Crippen LogP contribution is -2.41. The van der Waals surface area contributed by atoms with Crippen LogP contribution in [0.4, 0.5) is 4.79 Å². The first-order valence-corrected chi connectivity index (χ1v) is 9.76. The molecule has 0 heterocycles. The number of carboxylic acid groups (broad SMARTS) is 1. The van der Waals surface area contributed by atoms with E-state index in [1.807, 2.05) is 18.2 Å². The maximum Gasteiger partial charge on any atom is 0.314 e. The Morgan fingerprint density at radius 3 is 2.46 bits per heavy atom. The van der Waals surface area contributed by atoms with Crippen molar-refractivity contribution in [3.05, 3.63) is 33.4 Å². The van der Waals surface area contributed by atoms with Gasteiger partial charge in [0.05, 0.1) is 0 Å². The zero-order chi connectivity index (χ0) is 19.4. The van der Waals surface area contributed by atoms with Gasteiger partial charge in [0, 0.05) is 34.7 Å². The standard InChI is InChI=1S/C18H26IN3O4/c1-13(8-9-16(23)24)22-18(26)21-11-4-2-3-10-20-17(25)14-6-5-7-15(19)12-14/h5-7,12-13H,2-4,8-11H2,1H3,(H,20,25)(H,23,24)(H2,21,22,26)/i19-2. The van der Waals surface area contributed by atoms with E-state index in [2.05, 4.69) is 38.5 Å². The number of nitrogens with one attached hydrogen (secondary N) is 3. The van der Waals surface area contributed by atoms with Gasteiger partial charge in [0.2, 0.25) is 0 Å². The quantitative estimate of drug-likeness (QED) is 0.293. The molecule has 1 unspecified atom stereocenters. The van der Waals surface area contributed by atoms with Gasteiger partial charge in [-0.25, -0.2) is 4.79 Å². The predicted molar refractivity (Wildman–Crippen MR) is 108 cm³/mol. The zero-order valence-corrected chi connectivity index (χ0v) is 17.0. The molecule has 0 aliphatic heterocycles. The van der Waals surface area contributed by atoms with Gasteiger partial charge >= 0.3 is 12.0 Å². The number of benzene rings is 1. The van der Waals surface area contributed by atoms with Gasteiger partial charge < -0.3 is 21.1 Å². The highest BCUT2D eigenvalue weighted by molar-refractivity contribution is 14.1. The molecule has 3 amide bonds. The molecule has 26 heavy (non-hydrogen) atoms. The molecule has 0 saturated carbocycles. The van der Waals surface area contributed by atoms with E-state index in [4.69, 9.17) is 5.11 Å². The monoisotopic (exact) mass is 473 g/mol. The molecular weight excluding hydrogens is 447 g/mol. The summed E-state index contributed by atoms with van der Waals surface area (Å²) in [5.74, 6) is -0.940. The molecule has 1 aromatic carbocycles. The number of amides is 3. The fourth-order valence-corrected chi connectivity index (χ4v) is 2.79. The Hall–Kier alpha value is -1.84. The van der Waals surface area contributed by atoms with Gasteiger partial charge in [-0.05, 0) is 73.4 Å². The van der Waals surface area contributed by atoms with Crippen LogP contribution in [0.5, 0.6) is 0 Å². The number of carbonyl (C=O) groups excluding carboxylic acids is 2. The van der Waals surface area contributed by atoms with Crippen molar-refractivity contribution in [2.24, 2.45) is 0 Å². The summed E-state index contributed by atoms with van der Waals surface area (Å²) in [5.41, 5.74) is 0.659. The van der Waals surface area contributed by atoms with Crippen molar-refractivity contribution in [1.82, 2.24) is 16.0 Å². The van der Waals surface area contributed by atoms with Crippen molar-refractivity contribution in [3.63, 3.8) is 0 Å². The van der Waals surface area contributed by atoms with Crippen molar-refractivity contribution < 1.29 is 19.5 Å². The Kier molecular flexibility index (Phi) is 10.7. The number of halogens is 1. The van der Waals surface area contributed by atoms with Gasteiger partial charge in [-0.1, -0.05) is 6.07 Å². The second kappa shape index (κ2) is 12.5. The van der Waals surface area contributed by atoms with Crippen molar-refractivity contribution in [3.8, 4) is 0 Å². The van der Waals surface area contributed by atoms with Crippen LogP contribution < -0.4 is 16.0 Å². The maximum atomic E-state index is 12.0. The molecule has 0 radical (unpaired) electrons. The van der Waals surface area contributed by atoms with E-state index >= 15 is 0 Å². The molecular formula is C18H26IN3O4. The number of hydrogen-bond donors (Lipinski definition) is 4. The molecule has 0 bridgehead atoms. The minimum absolute atomic E-state index is 0.0370. The number of urea groups is 1. The van der Waals surface area contributed by atoms with Crippen molar-refractivity contribution in [1.29, 1.82) is 0 Å². The summed E-state index contributed by atoms with van der Waals surface area (Å²) in [7, 11) is 0. The third-order valence-electron chi connectivity index (χ3n) is 3.68. The summed E-state index contributed by atoms with van der Waals surface area (Å²) < 4.78 is 1.02. The minimum atomic E-state index is -0.867. The molecule has 7 nitrogen and oxygen atoms in total. The van der Waals surface area contributed by atoms with Gasteiger partial charge in [-0.15, -0.1) is 0 Å². The first-order valence-electron chi connectivity index (χ1n) is 8.68. The summed E-state index contributed by atoms with van der Waals surface area (Å²) in [6, 6.07) is 6.97. The summed E-state index contributed by atoms with van der Waals surface area (Å²) in [5, 5.41) is 16.9. The minimum Gasteiger partial charge on any atom is -0.481 e. The van der Waals surface area contributed by atoms with Crippen LogP contribution in [-0.2, 0) is 4.79 Å². The van der Waals surface area contributed by atoms with Crippen molar-refractivity contribution in [2.75, 3.05) is 13.1 Å². The lowest BCUT2D eigenvalue weighted by Gasteiger charge is -2.13. The second-order valence-electron chi connectivity index (χ2n) is 6.06. The van der Waals surface area contributed by atoms with Gasteiger partial charge in [-0.3, -0.25) is 9.59 Å². The SMILES string of the molecule is CC(CCC(=O)O)NC(=O)NCCCCCNC(=O)c1cccc([125I])c1. The third-order valence-corrected chi connectivity index (χ3v) is 4.35. The molecule has 0 saturated heterocycles. The van der Waals surface area contributed by atoms with E-state index in [1.165, 1.54) is 0 Å². The van der Waals surface area contributed by atoms with E-state index in [0.717, 1.165) is 22.8 Å². The van der Waals surface area contributed by atoms with Crippen LogP contribution in [0, 0.1) is 3.57 Å². The molecule has 8 heteroatoms. The van der Waals surface area contributed by atoms with Gasteiger partial charge in [0.15, 0.2) is 0 Å². The van der Waals surface area contributed by atoms with E-state index in [-0.39, 0.29) is 24.4 Å². The number of aliphatic carboxylic acids is 1. The first kappa shape index (κ1) is 22.2. The lowest BCUT2D eigenvalue weighted by molar-refractivity contribution is -0.137. The summed E-state index contributed by atoms with van der Waals surface area (Å²) >= 11 is 2.17. The van der Waals surface area contributed by atoms with Crippen LogP contribution in [0.25, 0.3) is 0 Å². The molecule has 0 fully saturated rings. The van der Waals surface area contributed by atoms with Crippen LogP contribution in [-0.4, -0.2) is 42.1 Å². The molecule has 1 rings (SSSR count). The average molecular weight is 473 g/mol. The van der Waals surface area contributed by atoms with Crippen LogP contribution >= 0.6 is 22.6 Å². The highest BCUT2D eigenvalue weighted by atomic mass is 125. The van der Waals surface area contributed by atoms with Crippen LogP contribution in [0.15, 0.2) is 24.3 Å². The number of carbonyl (C=O) groups is 3. The molecule has 4 N–H and O–H groups in total. The summed E-state index contributed by atoms with van der Waals surface area (Å²) in [6.07, 6.45) is 2.99. The zero-order valence-electron chi connectivity index (χ0n) is 14.9.